The highest BCUT2D eigenvalue weighted by Crippen LogP contribution is 2.26. The first-order valence-electron chi connectivity index (χ1n) is 6.05. The van der Waals surface area contributed by atoms with Crippen LogP contribution in [0.5, 0.6) is 0 Å². The molecule has 0 fully saturated rings. The molecule has 1 atom stereocenters. The Morgan fingerprint density at radius 3 is 2.75 bits per heavy atom. The van der Waals surface area contributed by atoms with E-state index in [2.05, 4.69) is 32.5 Å². The van der Waals surface area contributed by atoms with Crippen LogP contribution in [0, 0.1) is 12.3 Å². The van der Waals surface area contributed by atoms with Crippen LogP contribution in [-0.4, -0.2) is 23.1 Å². The number of benzene rings is 1. The number of carboxylic acid groups (broad SMARTS) is 1. The van der Waals surface area contributed by atoms with Crippen LogP contribution in [0.2, 0.25) is 0 Å². The number of anilines is 1. The number of para-hydroxylation sites is 1. The monoisotopic (exact) mass is 338 g/mol. The number of hydrogen-bond donors (Lipinski definition) is 3. The van der Waals surface area contributed by atoms with E-state index in [4.69, 9.17) is 11.5 Å². The summed E-state index contributed by atoms with van der Waals surface area (Å²) in [5, 5.41) is 14.2. The number of carbonyl (C=O) groups is 2. The number of carboxylic acids is 1. The molecule has 6 heteroatoms. The molecule has 0 radical (unpaired) electrons. The van der Waals surface area contributed by atoms with Gasteiger partial charge in [-0.2, -0.15) is 0 Å². The lowest BCUT2D eigenvalue weighted by Gasteiger charge is -2.15. The SMILES string of the molecule is C#CC(CCC)NC(=O)Nc1c(Br)cccc1C(=O)O. The van der Waals surface area contributed by atoms with Crippen molar-refractivity contribution in [2.24, 2.45) is 0 Å². The fourth-order valence-electron chi connectivity index (χ4n) is 1.62. The van der Waals surface area contributed by atoms with Crippen molar-refractivity contribution >= 4 is 33.6 Å². The molecule has 1 unspecified atom stereocenters. The molecule has 0 aliphatic rings. The zero-order valence-corrected chi connectivity index (χ0v) is 12.5. The minimum Gasteiger partial charge on any atom is -0.478 e. The lowest BCUT2D eigenvalue weighted by Crippen LogP contribution is -2.37. The zero-order chi connectivity index (χ0) is 15.1. The van der Waals surface area contributed by atoms with Gasteiger partial charge in [-0.1, -0.05) is 25.3 Å². The van der Waals surface area contributed by atoms with Gasteiger partial charge in [-0.05, 0) is 34.5 Å². The number of halogens is 1. The van der Waals surface area contributed by atoms with Gasteiger partial charge in [0.25, 0.3) is 0 Å². The van der Waals surface area contributed by atoms with Crippen molar-refractivity contribution in [3.8, 4) is 12.3 Å². The minimum atomic E-state index is -1.12. The predicted octanol–water partition coefficient (Wildman–Crippen LogP) is 3.07. The van der Waals surface area contributed by atoms with Gasteiger partial charge in [-0.25, -0.2) is 9.59 Å². The fourth-order valence-corrected chi connectivity index (χ4v) is 2.09. The molecule has 106 valence electrons. The molecular formula is C14H15BrN2O3. The largest absolute Gasteiger partial charge is 0.478 e. The third kappa shape index (κ3) is 4.28. The van der Waals surface area contributed by atoms with Crippen molar-refractivity contribution in [2.45, 2.75) is 25.8 Å². The zero-order valence-electron chi connectivity index (χ0n) is 10.9. The number of nitrogens with one attached hydrogen (secondary N) is 2. The van der Waals surface area contributed by atoms with Crippen molar-refractivity contribution in [3.63, 3.8) is 0 Å². The second-order valence-electron chi connectivity index (χ2n) is 4.07. The van der Waals surface area contributed by atoms with Gasteiger partial charge in [0.1, 0.15) is 0 Å². The van der Waals surface area contributed by atoms with Crippen LogP contribution in [0.3, 0.4) is 0 Å². The highest BCUT2D eigenvalue weighted by molar-refractivity contribution is 9.10. The molecule has 3 N–H and O–H groups in total. The molecule has 1 rings (SSSR count). The van der Waals surface area contributed by atoms with Crippen molar-refractivity contribution in [1.29, 1.82) is 0 Å². The Morgan fingerprint density at radius 2 is 2.20 bits per heavy atom. The summed E-state index contributed by atoms with van der Waals surface area (Å²) in [5.74, 6) is 1.35. The van der Waals surface area contributed by atoms with Crippen molar-refractivity contribution in [3.05, 3.63) is 28.2 Å². The van der Waals surface area contributed by atoms with E-state index in [1.807, 2.05) is 6.92 Å². The molecule has 20 heavy (non-hydrogen) atoms. The van der Waals surface area contributed by atoms with E-state index in [9.17, 15) is 9.59 Å². The second-order valence-corrected chi connectivity index (χ2v) is 4.93. The predicted molar refractivity (Wildman–Crippen MR) is 80.8 cm³/mol. The summed E-state index contributed by atoms with van der Waals surface area (Å²) in [6, 6.07) is 3.73. The van der Waals surface area contributed by atoms with E-state index >= 15 is 0 Å². The molecule has 0 heterocycles. The first-order chi connectivity index (χ1) is 9.49. The van der Waals surface area contributed by atoms with Crippen LogP contribution in [0.25, 0.3) is 0 Å². The third-order valence-corrected chi connectivity index (χ3v) is 3.23. The Labute approximate surface area is 125 Å². The highest BCUT2D eigenvalue weighted by atomic mass is 79.9. The summed E-state index contributed by atoms with van der Waals surface area (Å²) < 4.78 is 0.486. The van der Waals surface area contributed by atoms with E-state index in [-0.39, 0.29) is 17.3 Å². The molecule has 0 bridgehead atoms. The minimum absolute atomic E-state index is 0.00211. The van der Waals surface area contributed by atoms with E-state index in [0.29, 0.717) is 10.9 Å². The summed E-state index contributed by atoms with van der Waals surface area (Å²) >= 11 is 3.21. The fraction of sp³-hybridized carbons (Fsp3) is 0.286. The maximum absolute atomic E-state index is 11.9. The van der Waals surface area contributed by atoms with Crippen LogP contribution in [0.1, 0.15) is 30.1 Å². The Balaban J connectivity index is 2.86. The second kappa shape index (κ2) is 7.56. The van der Waals surface area contributed by atoms with Gasteiger partial charge >= 0.3 is 12.0 Å². The number of urea groups is 1. The van der Waals surface area contributed by atoms with Gasteiger partial charge in [0.05, 0.1) is 17.3 Å². The molecule has 5 nitrogen and oxygen atoms in total. The van der Waals surface area contributed by atoms with Crippen LogP contribution in [0.4, 0.5) is 10.5 Å². The smallest absolute Gasteiger partial charge is 0.337 e. The number of terminal acetylenes is 1. The van der Waals surface area contributed by atoms with Crippen LogP contribution in [-0.2, 0) is 0 Å². The van der Waals surface area contributed by atoms with E-state index in [1.54, 1.807) is 12.1 Å². The lowest BCUT2D eigenvalue weighted by molar-refractivity contribution is 0.0698. The van der Waals surface area contributed by atoms with Gasteiger partial charge in [-0.15, -0.1) is 6.42 Å². The maximum atomic E-state index is 11.9. The molecular weight excluding hydrogens is 324 g/mol. The van der Waals surface area contributed by atoms with Gasteiger partial charge in [0.15, 0.2) is 0 Å². The Bertz CT molecular complexity index is 552. The summed E-state index contributed by atoms with van der Waals surface area (Å²) in [5.41, 5.74) is 0.201. The number of carbonyl (C=O) groups excluding carboxylic acids is 1. The summed E-state index contributed by atoms with van der Waals surface area (Å²) in [4.78, 5) is 23.0. The number of rotatable bonds is 5. The summed E-state index contributed by atoms with van der Waals surface area (Å²) in [6.07, 6.45) is 6.81. The number of amides is 2. The van der Waals surface area contributed by atoms with Crippen LogP contribution < -0.4 is 10.6 Å². The molecule has 1 aromatic carbocycles. The molecule has 0 aliphatic heterocycles. The lowest BCUT2D eigenvalue weighted by atomic mass is 10.1. The molecule has 1 aromatic rings. The normalized spacial score (nSPS) is 11.2. The van der Waals surface area contributed by atoms with Crippen molar-refractivity contribution in [1.82, 2.24) is 5.32 Å². The Morgan fingerprint density at radius 1 is 1.50 bits per heavy atom. The highest BCUT2D eigenvalue weighted by Gasteiger charge is 2.16. The number of hydrogen-bond acceptors (Lipinski definition) is 2. The van der Waals surface area contributed by atoms with E-state index in [1.165, 1.54) is 6.07 Å². The van der Waals surface area contributed by atoms with Crippen molar-refractivity contribution in [2.75, 3.05) is 5.32 Å². The summed E-state index contributed by atoms with van der Waals surface area (Å²) in [7, 11) is 0. The molecule has 0 aliphatic carbocycles. The summed E-state index contributed by atoms with van der Waals surface area (Å²) in [6.45, 7) is 1.96. The standard InChI is InChI=1S/C14H15BrN2O3/c1-3-6-9(4-2)16-14(20)17-12-10(13(18)19)7-5-8-11(12)15/h2,5,7-9H,3,6H2,1H3,(H,18,19)(H2,16,17,20). The molecule has 0 saturated carbocycles. The molecule has 0 spiro atoms. The third-order valence-electron chi connectivity index (χ3n) is 2.57. The van der Waals surface area contributed by atoms with Gasteiger partial charge < -0.3 is 15.7 Å². The first-order valence-corrected chi connectivity index (χ1v) is 6.84. The van der Waals surface area contributed by atoms with Crippen molar-refractivity contribution < 1.29 is 14.7 Å². The number of aromatic carboxylic acids is 1. The van der Waals surface area contributed by atoms with Crippen LogP contribution >= 0.6 is 15.9 Å². The molecule has 0 aromatic heterocycles. The average molecular weight is 339 g/mol. The van der Waals surface area contributed by atoms with Gasteiger partial charge in [0, 0.05) is 4.47 Å². The van der Waals surface area contributed by atoms with Gasteiger partial charge in [0.2, 0.25) is 0 Å². The molecule has 2 amide bonds. The molecule has 0 saturated heterocycles. The average Bonchev–Trinajstić information content (AvgIpc) is 2.40. The quantitative estimate of drug-likeness (QED) is 0.722. The van der Waals surface area contributed by atoms with E-state index < -0.39 is 12.0 Å². The van der Waals surface area contributed by atoms with E-state index in [0.717, 1.165) is 6.42 Å². The Kier molecular flexibility index (Phi) is 6.07. The Hall–Kier alpha value is -2.00. The topological polar surface area (TPSA) is 78.4 Å². The van der Waals surface area contributed by atoms with Crippen LogP contribution in [0.15, 0.2) is 22.7 Å². The maximum Gasteiger partial charge on any atom is 0.337 e. The first kappa shape index (κ1) is 16.1. The van der Waals surface area contributed by atoms with Gasteiger partial charge in [-0.3, -0.25) is 0 Å².